The van der Waals surface area contributed by atoms with Crippen molar-refractivity contribution in [3.8, 4) is 0 Å². The minimum atomic E-state index is -0.471. The van der Waals surface area contributed by atoms with Gasteiger partial charge in [-0.1, -0.05) is 30.2 Å². The monoisotopic (exact) mass is 447 g/mol. The Morgan fingerprint density at radius 1 is 0.967 bits per heavy atom. The minimum absolute atomic E-state index is 0. The predicted molar refractivity (Wildman–Crippen MR) is 119 cm³/mol. The lowest BCUT2D eigenvalue weighted by Gasteiger charge is -2.26. The number of hydrogen-bond donors (Lipinski definition) is 1. The molecule has 0 bridgehead atoms. The highest BCUT2D eigenvalue weighted by Gasteiger charge is 2.38. The zero-order chi connectivity index (χ0) is 20.4. The molecule has 2 aliphatic rings. The number of para-hydroxylation sites is 1. The Labute approximate surface area is 186 Å². The fraction of sp³-hybridized carbons (Fsp3) is 0.318. The van der Waals surface area contributed by atoms with Gasteiger partial charge in [0.15, 0.2) is 0 Å². The van der Waals surface area contributed by atoms with Crippen LogP contribution in [-0.4, -0.2) is 48.8 Å². The molecule has 0 atom stereocenters. The van der Waals surface area contributed by atoms with Gasteiger partial charge < -0.3 is 10.2 Å². The molecule has 2 aromatic carbocycles. The number of fused-ring (bicyclic) bond motifs is 1. The molecule has 3 amide bonds. The van der Waals surface area contributed by atoms with Crippen molar-refractivity contribution in [2.75, 3.05) is 31.1 Å². The smallest absolute Gasteiger partial charge is 0.266 e. The number of nitrogens with one attached hydrogen (secondary N) is 1. The molecule has 0 unspecified atom stereocenters. The molecule has 4 rings (SSSR count). The summed E-state index contributed by atoms with van der Waals surface area (Å²) in [6.45, 7) is 3.51. The summed E-state index contributed by atoms with van der Waals surface area (Å²) in [4.78, 5) is 41.5. The average Bonchev–Trinajstić information content (AvgIpc) is 2.99. The SMILES string of the molecule is Cl.O=C(NCCN1CCCCC1)c1ccc2c(c1)C(=O)N(c1ccccc1Cl)C2=O. The first-order valence-electron chi connectivity index (χ1n) is 9.84. The van der Waals surface area contributed by atoms with E-state index in [1.807, 2.05) is 0 Å². The van der Waals surface area contributed by atoms with Crippen LogP contribution >= 0.6 is 24.0 Å². The molecular weight excluding hydrogens is 425 g/mol. The maximum atomic E-state index is 12.9. The highest BCUT2D eigenvalue weighted by atomic mass is 35.5. The van der Waals surface area contributed by atoms with Gasteiger partial charge in [-0.15, -0.1) is 12.4 Å². The second-order valence-electron chi connectivity index (χ2n) is 7.32. The van der Waals surface area contributed by atoms with Crippen molar-refractivity contribution in [2.45, 2.75) is 19.3 Å². The molecule has 2 aromatic rings. The molecular formula is C22H23Cl2N3O3. The van der Waals surface area contributed by atoms with Crippen molar-refractivity contribution in [1.29, 1.82) is 0 Å². The second kappa shape index (κ2) is 9.60. The van der Waals surface area contributed by atoms with E-state index in [0.717, 1.165) is 24.5 Å². The summed E-state index contributed by atoms with van der Waals surface area (Å²) >= 11 is 6.17. The van der Waals surface area contributed by atoms with E-state index in [2.05, 4.69) is 10.2 Å². The Morgan fingerprint density at radius 2 is 1.67 bits per heavy atom. The lowest BCUT2D eigenvalue weighted by atomic mass is 10.1. The van der Waals surface area contributed by atoms with Gasteiger partial charge in [0.2, 0.25) is 0 Å². The maximum Gasteiger partial charge on any atom is 0.266 e. The molecule has 0 spiro atoms. The lowest BCUT2D eigenvalue weighted by Crippen LogP contribution is -2.37. The molecule has 2 heterocycles. The fourth-order valence-corrected chi connectivity index (χ4v) is 4.07. The van der Waals surface area contributed by atoms with Gasteiger partial charge in [-0.3, -0.25) is 14.4 Å². The molecule has 2 aliphatic heterocycles. The van der Waals surface area contributed by atoms with Crippen LogP contribution in [0.2, 0.25) is 5.02 Å². The molecule has 1 saturated heterocycles. The highest BCUT2D eigenvalue weighted by Crippen LogP contribution is 2.33. The average molecular weight is 448 g/mol. The predicted octanol–water partition coefficient (Wildman–Crippen LogP) is 3.78. The summed E-state index contributed by atoms with van der Waals surface area (Å²) in [6, 6.07) is 11.3. The van der Waals surface area contributed by atoms with Crippen LogP contribution in [0.25, 0.3) is 0 Å². The third kappa shape index (κ3) is 4.36. The van der Waals surface area contributed by atoms with Crippen molar-refractivity contribution in [3.63, 3.8) is 0 Å². The Hall–Kier alpha value is -2.41. The standard InChI is InChI=1S/C22H22ClN3O3.ClH/c23-18-6-2-3-7-19(18)26-21(28)16-9-8-15(14-17(16)22(26)29)20(27)24-10-13-25-11-4-1-5-12-25;/h2-3,6-9,14H,1,4-5,10-13H2,(H,24,27);1H. The number of rotatable bonds is 5. The number of likely N-dealkylation sites (tertiary alicyclic amines) is 1. The van der Waals surface area contributed by atoms with Crippen LogP contribution in [0.3, 0.4) is 0 Å². The third-order valence-corrected chi connectivity index (χ3v) is 5.72. The van der Waals surface area contributed by atoms with Gasteiger partial charge in [0, 0.05) is 18.7 Å². The Morgan fingerprint density at radius 3 is 2.40 bits per heavy atom. The Kier molecular flexibility index (Phi) is 7.13. The summed E-state index contributed by atoms with van der Waals surface area (Å²) in [7, 11) is 0. The molecule has 8 heteroatoms. The van der Waals surface area contributed by atoms with E-state index in [1.165, 1.54) is 31.4 Å². The van der Waals surface area contributed by atoms with Gasteiger partial charge in [-0.05, 0) is 56.3 Å². The first kappa shape index (κ1) is 22.3. The number of carbonyl (C=O) groups is 3. The zero-order valence-corrected chi connectivity index (χ0v) is 18.0. The van der Waals surface area contributed by atoms with E-state index in [0.29, 0.717) is 22.8 Å². The normalized spacial score (nSPS) is 16.2. The topological polar surface area (TPSA) is 69.7 Å². The number of piperidine rings is 1. The van der Waals surface area contributed by atoms with E-state index >= 15 is 0 Å². The van der Waals surface area contributed by atoms with Crippen LogP contribution in [0.1, 0.15) is 50.3 Å². The number of benzene rings is 2. The number of imide groups is 1. The minimum Gasteiger partial charge on any atom is -0.351 e. The number of anilines is 1. The summed E-state index contributed by atoms with van der Waals surface area (Å²) < 4.78 is 0. The van der Waals surface area contributed by atoms with E-state index in [9.17, 15) is 14.4 Å². The number of amides is 3. The maximum absolute atomic E-state index is 12.9. The molecule has 0 aromatic heterocycles. The fourth-order valence-electron chi connectivity index (χ4n) is 3.85. The quantitative estimate of drug-likeness (QED) is 0.707. The van der Waals surface area contributed by atoms with E-state index in [4.69, 9.17) is 11.6 Å². The molecule has 158 valence electrons. The molecule has 30 heavy (non-hydrogen) atoms. The lowest BCUT2D eigenvalue weighted by molar-refractivity contribution is 0.0923. The van der Waals surface area contributed by atoms with Gasteiger partial charge in [-0.25, -0.2) is 4.90 Å². The van der Waals surface area contributed by atoms with Crippen molar-refractivity contribution in [3.05, 3.63) is 64.2 Å². The highest BCUT2D eigenvalue weighted by molar-refractivity contribution is 6.39. The molecule has 1 fully saturated rings. The van der Waals surface area contributed by atoms with Crippen molar-refractivity contribution < 1.29 is 14.4 Å². The second-order valence-corrected chi connectivity index (χ2v) is 7.72. The van der Waals surface area contributed by atoms with E-state index in [-0.39, 0.29) is 29.4 Å². The van der Waals surface area contributed by atoms with Crippen molar-refractivity contribution >= 4 is 47.4 Å². The summed E-state index contributed by atoms with van der Waals surface area (Å²) in [5.41, 5.74) is 1.20. The number of carbonyl (C=O) groups excluding carboxylic acids is 3. The van der Waals surface area contributed by atoms with Crippen LogP contribution in [-0.2, 0) is 0 Å². The summed E-state index contributed by atoms with van der Waals surface area (Å²) in [5, 5.41) is 3.22. The van der Waals surface area contributed by atoms with Gasteiger partial charge >= 0.3 is 0 Å². The third-order valence-electron chi connectivity index (χ3n) is 5.40. The van der Waals surface area contributed by atoms with Gasteiger partial charge in [0.25, 0.3) is 17.7 Å². The van der Waals surface area contributed by atoms with Gasteiger partial charge in [0.1, 0.15) is 0 Å². The molecule has 1 N–H and O–H groups in total. The van der Waals surface area contributed by atoms with Crippen LogP contribution in [0.15, 0.2) is 42.5 Å². The zero-order valence-electron chi connectivity index (χ0n) is 16.4. The first-order chi connectivity index (χ1) is 14.1. The number of hydrogen-bond acceptors (Lipinski definition) is 4. The van der Waals surface area contributed by atoms with Crippen LogP contribution in [0.5, 0.6) is 0 Å². The molecule has 0 radical (unpaired) electrons. The number of nitrogens with zero attached hydrogens (tertiary/aromatic N) is 2. The summed E-state index contributed by atoms with van der Waals surface area (Å²) in [6.07, 6.45) is 3.68. The Balaban J connectivity index is 0.00000256. The van der Waals surface area contributed by atoms with E-state index in [1.54, 1.807) is 30.3 Å². The molecule has 0 saturated carbocycles. The summed E-state index contributed by atoms with van der Waals surface area (Å²) in [5.74, 6) is -1.16. The van der Waals surface area contributed by atoms with Crippen LogP contribution in [0, 0.1) is 0 Å². The van der Waals surface area contributed by atoms with E-state index < -0.39 is 11.8 Å². The van der Waals surface area contributed by atoms with Crippen molar-refractivity contribution in [2.24, 2.45) is 0 Å². The van der Waals surface area contributed by atoms with Crippen LogP contribution in [0.4, 0.5) is 5.69 Å². The van der Waals surface area contributed by atoms with Gasteiger partial charge in [-0.2, -0.15) is 0 Å². The first-order valence-corrected chi connectivity index (χ1v) is 10.2. The van der Waals surface area contributed by atoms with Gasteiger partial charge in [0.05, 0.1) is 21.8 Å². The Bertz CT molecular complexity index is 974. The molecule has 0 aliphatic carbocycles. The van der Waals surface area contributed by atoms with Crippen molar-refractivity contribution in [1.82, 2.24) is 10.2 Å². The largest absolute Gasteiger partial charge is 0.351 e. The number of halogens is 2. The molecule has 6 nitrogen and oxygen atoms in total. The van der Waals surface area contributed by atoms with Crippen LogP contribution < -0.4 is 10.2 Å².